The molecule has 2 aromatic rings. The molecule has 2 fully saturated rings. The topological polar surface area (TPSA) is 124 Å². The van der Waals surface area contributed by atoms with E-state index in [9.17, 15) is 10.1 Å². The van der Waals surface area contributed by atoms with Gasteiger partial charge in [-0.2, -0.15) is 27.2 Å². The highest BCUT2D eigenvalue weighted by molar-refractivity contribution is 7.98. The largest absolute Gasteiger partial charge is 0.444 e. The average molecular weight is 502 g/mol. The van der Waals surface area contributed by atoms with Crippen LogP contribution >= 0.6 is 11.8 Å². The van der Waals surface area contributed by atoms with Crippen LogP contribution in [0.1, 0.15) is 57.3 Å². The van der Waals surface area contributed by atoms with Gasteiger partial charge in [0.2, 0.25) is 0 Å². The van der Waals surface area contributed by atoms with Gasteiger partial charge in [0, 0.05) is 30.6 Å². The van der Waals surface area contributed by atoms with Crippen molar-refractivity contribution in [3.05, 3.63) is 17.5 Å². The molecule has 0 aromatic carbocycles. The lowest BCUT2D eigenvalue weighted by atomic mass is 9.65. The third kappa shape index (κ3) is 5.28. The molecule has 4 rings (SSSR count). The number of carbonyl (C=O) groups is 1. The molecule has 3 heterocycles. The Bertz CT molecular complexity index is 1120. The Hall–Kier alpha value is -2.71. The van der Waals surface area contributed by atoms with Crippen LogP contribution in [0.3, 0.4) is 0 Å². The molecule has 1 aliphatic carbocycles. The van der Waals surface area contributed by atoms with Crippen LogP contribution in [0.4, 0.5) is 10.6 Å². The zero-order chi connectivity index (χ0) is 25.4. The number of ether oxygens (including phenoxy) is 2. The van der Waals surface area contributed by atoms with Gasteiger partial charge in [0.1, 0.15) is 35.5 Å². The summed E-state index contributed by atoms with van der Waals surface area (Å²) in [4.78, 5) is 14.3. The maximum atomic E-state index is 12.5. The number of anilines is 1. The van der Waals surface area contributed by atoms with Gasteiger partial charge in [0.25, 0.3) is 0 Å². The molecule has 1 amide bonds. The molecule has 0 radical (unpaired) electrons. The van der Waals surface area contributed by atoms with Crippen molar-refractivity contribution in [1.29, 1.82) is 5.26 Å². The molecule has 35 heavy (non-hydrogen) atoms. The lowest BCUT2D eigenvalue weighted by Crippen LogP contribution is -2.43. The molecule has 11 heteroatoms. The summed E-state index contributed by atoms with van der Waals surface area (Å²) in [6, 6.07) is 2.34. The number of nitrogens with two attached hydrogens (primary N) is 1. The van der Waals surface area contributed by atoms with Crippen LogP contribution < -0.4 is 5.73 Å². The number of thioether (sulfide) groups is 1. The Balaban J connectivity index is 1.46. The highest BCUT2D eigenvalue weighted by atomic mass is 32.2. The van der Waals surface area contributed by atoms with Crippen LogP contribution in [0.25, 0.3) is 11.3 Å². The van der Waals surface area contributed by atoms with Gasteiger partial charge in [-0.3, -0.25) is 0 Å². The monoisotopic (exact) mass is 501 g/mol. The fourth-order valence-corrected chi connectivity index (χ4v) is 5.29. The minimum absolute atomic E-state index is 0.0574. The van der Waals surface area contributed by atoms with Crippen molar-refractivity contribution in [2.24, 2.45) is 5.41 Å². The Morgan fingerprint density at radius 2 is 2.11 bits per heavy atom. The minimum atomic E-state index is -0.505. The lowest BCUT2D eigenvalue weighted by Gasteiger charge is -2.45. The van der Waals surface area contributed by atoms with Gasteiger partial charge in [0.15, 0.2) is 0 Å². The van der Waals surface area contributed by atoms with Gasteiger partial charge in [-0.15, -0.1) is 0 Å². The SMILES string of the molecule is CSCCOCn1cc(-c2nn(C3CC4(CCN(C(=O)OC(C)(C)C)C4)C3)c(N)c2C#N)c(C)n1. The Morgan fingerprint density at radius 3 is 2.77 bits per heavy atom. The van der Waals surface area contributed by atoms with E-state index < -0.39 is 5.60 Å². The molecule has 0 bridgehead atoms. The van der Waals surface area contributed by atoms with E-state index in [1.807, 2.05) is 40.1 Å². The van der Waals surface area contributed by atoms with Gasteiger partial charge in [-0.05, 0) is 58.6 Å². The van der Waals surface area contributed by atoms with Crippen LogP contribution in [0, 0.1) is 23.7 Å². The van der Waals surface area contributed by atoms with Crippen LogP contribution in [0.15, 0.2) is 6.20 Å². The summed E-state index contributed by atoms with van der Waals surface area (Å²) in [6.07, 6.45) is 6.31. The first kappa shape index (κ1) is 25.4. The maximum absolute atomic E-state index is 12.5. The number of rotatable bonds is 7. The molecule has 2 aromatic heterocycles. The number of amides is 1. The Morgan fingerprint density at radius 1 is 1.37 bits per heavy atom. The zero-order valence-corrected chi connectivity index (χ0v) is 22.0. The third-order valence-electron chi connectivity index (χ3n) is 6.69. The van der Waals surface area contributed by atoms with Crippen LogP contribution in [-0.4, -0.2) is 67.9 Å². The summed E-state index contributed by atoms with van der Waals surface area (Å²) in [5.74, 6) is 1.30. The van der Waals surface area contributed by atoms with Gasteiger partial charge < -0.3 is 20.1 Å². The van der Waals surface area contributed by atoms with Gasteiger partial charge in [0.05, 0.1) is 18.3 Å². The van der Waals surface area contributed by atoms with Gasteiger partial charge in [-0.25, -0.2) is 14.2 Å². The van der Waals surface area contributed by atoms with E-state index in [-0.39, 0.29) is 17.6 Å². The highest BCUT2D eigenvalue weighted by Gasteiger charge is 2.51. The first-order valence-corrected chi connectivity index (χ1v) is 13.3. The summed E-state index contributed by atoms with van der Waals surface area (Å²) >= 11 is 1.73. The van der Waals surface area contributed by atoms with E-state index in [4.69, 9.17) is 20.3 Å². The van der Waals surface area contributed by atoms with Crippen LogP contribution in [-0.2, 0) is 16.2 Å². The van der Waals surface area contributed by atoms with Crippen molar-refractivity contribution in [1.82, 2.24) is 24.5 Å². The molecule has 1 spiro atoms. The summed E-state index contributed by atoms with van der Waals surface area (Å²) in [6.45, 7) is 9.91. The molecule has 2 N–H and O–H groups in total. The smallest absolute Gasteiger partial charge is 0.410 e. The van der Waals surface area contributed by atoms with Crippen molar-refractivity contribution >= 4 is 23.7 Å². The van der Waals surface area contributed by atoms with E-state index >= 15 is 0 Å². The second-order valence-electron chi connectivity index (χ2n) is 10.6. The number of nitriles is 1. The molecular weight excluding hydrogens is 466 g/mol. The second kappa shape index (κ2) is 9.74. The summed E-state index contributed by atoms with van der Waals surface area (Å²) in [5.41, 5.74) is 8.44. The predicted molar refractivity (Wildman–Crippen MR) is 135 cm³/mol. The molecule has 1 saturated heterocycles. The standard InChI is InChI=1S/C24H35N7O3S/c1-16-19(13-30(27-16)15-33-8-9-35-5)20-18(12-25)21(26)31(28-20)17-10-24(11-17)6-7-29(14-24)22(32)34-23(2,3)4/h13,17H,6-11,14-15,26H2,1-5H3. The molecule has 190 valence electrons. The van der Waals surface area contributed by atoms with Crippen LogP contribution in [0.5, 0.6) is 0 Å². The quantitative estimate of drug-likeness (QED) is 0.568. The van der Waals surface area contributed by atoms with Crippen molar-refractivity contribution < 1.29 is 14.3 Å². The van der Waals surface area contributed by atoms with Crippen molar-refractivity contribution in [3.63, 3.8) is 0 Å². The number of aromatic nitrogens is 4. The second-order valence-corrected chi connectivity index (χ2v) is 11.6. The lowest BCUT2D eigenvalue weighted by molar-refractivity contribution is 0.0188. The van der Waals surface area contributed by atoms with Crippen molar-refractivity contribution in [3.8, 4) is 17.3 Å². The number of carbonyl (C=O) groups excluding carboxylic acids is 1. The molecule has 2 aliphatic rings. The molecule has 1 saturated carbocycles. The number of nitrogen functional groups attached to an aromatic ring is 1. The first-order valence-electron chi connectivity index (χ1n) is 11.9. The van der Waals surface area contributed by atoms with E-state index in [1.54, 1.807) is 26.0 Å². The Labute approximate surface area is 210 Å². The number of hydrogen-bond acceptors (Lipinski definition) is 8. The number of likely N-dealkylation sites (tertiary alicyclic amines) is 1. The van der Waals surface area contributed by atoms with Gasteiger partial charge in [-0.1, -0.05) is 0 Å². The van der Waals surface area contributed by atoms with E-state index in [0.717, 1.165) is 36.3 Å². The van der Waals surface area contributed by atoms with Crippen molar-refractivity contribution in [2.45, 2.75) is 65.3 Å². The summed E-state index contributed by atoms with van der Waals surface area (Å²) < 4.78 is 14.7. The van der Waals surface area contributed by atoms with E-state index in [2.05, 4.69) is 11.2 Å². The fourth-order valence-electron chi connectivity index (χ4n) is 5.00. The van der Waals surface area contributed by atoms with Crippen molar-refractivity contribution in [2.75, 3.05) is 37.4 Å². The van der Waals surface area contributed by atoms with Gasteiger partial charge >= 0.3 is 6.09 Å². The number of nitrogens with zero attached hydrogens (tertiary/aromatic N) is 6. The average Bonchev–Trinajstić information content (AvgIpc) is 3.44. The molecule has 0 atom stereocenters. The highest BCUT2D eigenvalue weighted by Crippen LogP contribution is 2.55. The molecule has 0 unspecified atom stereocenters. The van der Waals surface area contributed by atoms with E-state index in [1.165, 1.54) is 0 Å². The number of aryl methyl sites for hydroxylation is 1. The third-order valence-corrected chi connectivity index (χ3v) is 7.26. The minimum Gasteiger partial charge on any atom is -0.444 e. The normalized spacial score (nSPS) is 21.8. The zero-order valence-electron chi connectivity index (χ0n) is 21.2. The molecule has 1 aliphatic heterocycles. The Kier molecular flexibility index (Phi) is 7.06. The summed E-state index contributed by atoms with van der Waals surface area (Å²) in [7, 11) is 0. The fraction of sp³-hybridized carbons (Fsp3) is 0.667. The van der Waals surface area contributed by atoms with E-state index in [0.29, 0.717) is 43.5 Å². The summed E-state index contributed by atoms with van der Waals surface area (Å²) in [5, 5.41) is 19.1. The predicted octanol–water partition coefficient (Wildman–Crippen LogP) is 3.81. The molecule has 10 nitrogen and oxygen atoms in total. The molecular formula is C24H35N7O3S. The maximum Gasteiger partial charge on any atom is 0.410 e. The number of hydrogen-bond donors (Lipinski definition) is 1. The first-order chi connectivity index (χ1) is 16.6. The van der Waals surface area contributed by atoms with Crippen LogP contribution in [0.2, 0.25) is 0 Å².